The van der Waals surface area contributed by atoms with E-state index in [9.17, 15) is 4.79 Å². The van der Waals surface area contributed by atoms with Crippen LogP contribution < -0.4 is 9.64 Å². The zero-order valence-corrected chi connectivity index (χ0v) is 14.0. The third-order valence-corrected chi connectivity index (χ3v) is 4.50. The van der Waals surface area contributed by atoms with Gasteiger partial charge in [-0.15, -0.1) is 0 Å². The second kappa shape index (κ2) is 7.12. The van der Waals surface area contributed by atoms with Crippen LogP contribution in [0.5, 0.6) is 5.88 Å². The number of aromatic nitrogens is 2. The molecule has 0 N–H and O–H groups in total. The molecule has 0 atom stereocenters. The van der Waals surface area contributed by atoms with E-state index >= 15 is 0 Å². The van der Waals surface area contributed by atoms with Gasteiger partial charge in [-0.3, -0.25) is 9.69 Å². The first-order chi connectivity index (χ1) is 11.2. The van der Waals surface area contributed by atoms with Gasteiger partial charge in [-0.2, -0.15) is 4.98 Å². The topological polar surface area (TPSA) is 61.8 Å². The summed E-state index contributed by atoms with van der Waals surface area (Å²) in [6.45, 7) is 7.60. The predicted molar refractivity (Wildman–Crippen MR) is 87.8 cm³/mol. The third kappa shape index (κ3) is 3.90. The highest BCUT2D eigenvalue weighted by molar-refractivity contribution is 5.78. The SMILES string of the molecule is COc1cc(C)nc(N2CCN(C(=O)CN3CCCC3)CC2)n1. The van der Waals surface area contributed by atoms with Crippen molar-refractivity contribution in [3.63, 3.8) is 0 Å². The van der Waals surface area contributed by atoms with E-state index in [0.717, 1.165) is 45.0 Å². The highest BCUT2D eigenvalue weighted by Gasteiger charge is 2.25. The summed E-state index contributed by atoms with van der Waals surface area (Å²) in [5.41, 5.74) is 0.888. The Kier molecular flexibility index (Phi) is 4.95. The van der Waals surface area contributed by atoms with Crippen LogP contribution >= 0.6 is 0 Å². The fourth-order valence-electron chi connectivity index (χ4n) is 3.16. The Morgan fingerprint density at radius 3 is 2.48 bits per heavy atom. The van der Waals surface area contributed by atoms with Crippen LogP contribution in [0.4, 0.5) is 5.95 Å². The van der Waals surface area contributed by atoms with Gasteiger partial charge < -0.3 is 14.5 Å². The van der Waals surface area contributed by atoms with E-state index in [1.807, 2.05) is 17.9 Å². The number of carbonyl (C=O) groups excluding carboxylic acids is 1. The van der Waals surface area contributed by atoms with Gasteiger partial charge in [0, 0.05) is 37.9 Å². The maximum atomic E-state index is 12.4. The van der Waals surface area contributed by atoms with Crippen molar-refractivity contribution in [1.82, 2.24) is 19.8 Å². The van der Waals surface area contributed by atoms with Gasteiger partial charge >= 0.3 is 0 Å². The van der Waals surface area contributed by atoms with E-state index in [2.05, 4.69) is 19.8 Å². The molecule has 0 aliphatic carbocycles. The van der Waals surface area contributed by atoms with E-state index in [1.165, 1.54) is 12.8 Å². The molecule has 0 bridgehead atoms. The first-order valence-corrected chi connectivity index (χ1v) is 8.30. The maximum absolute atomic E-state index is 12.4. The maximum Gasteiger partial charge on any atom is 0.236 e. The fourth-order valence-corrected chi connectivity index (χ4v) is 3.16. The molecule has 3 rings (SSSR count). The molecule has 126 valence electrons. The molecule has 1 aromatic heterocycles. The highest BCUT2D eigenvalue weighted by atomic mass is 16.5. The van der Waals surface area contributed by atoms with Crippen molar-refractivity contribution in [3.8, 4) is 5.88 Å². The van der Waals surface area contributed by atoms with Gasteiger partial charge in [-0.25, -0.2) is 4.98 Å². The van der Waals surface area contributed by atoms with Crippen LogP contribution in [0, 0.1) is 6.92 Å². The van der Waals surface area contributed by atoms with E-state index < -0.39 is 0 Å². The number of anilines is 1. The molecular weight excluding hydrogens is 294 g/mol. The quantitative estimate of drug-likeness (QED) is 0.807. The van der Waals surface area contributed by atoms with Crippen molar-refractivity contribution < 1.29 is 9.53 Å². The number of aryl methyl sites for hydroxylation is 1. The molecule has 0 unspecified atom stereocenters. The number of hydrogen-bond donors (Lipinski definition) is 0. The number of likely N-dealkylation sites (tertiary alicyclic amines) is 1. The molecular formula is C16H25N5O2. The molecule has 0 aromatic carbocycles. The Morgan fingerprint density at radius 2 is 1.83 bits per heavy atom. The molecule has 2 aliphatic rings. The van der Waals surface area contributed by atoms with Gasteiger partial charge in [0.15, 0.2) is 0 Å². The highest BCUT2D eigenvalue weighted by Crippen LogP contribution is 2.17. The lowest BCUT2D eigenvalue weighted by atomic mass is 10.3. The van der Waals surface area contributed by atoms with E-state index in [1.54, 1.807) is 7.11 Å². The van der Waals surface area contributed by atoms with Gasteiger partial charge in [0.25, 0.3) is 0 Å². The second-order valence-corrected chi connectivity index (χ2v) is 6.20. The van der Waals surface area contributed by atoms with Gasteiger partial charge in [0.1, 0.15) is 0 Å². The summed E-state index contributed by atoms with van der Waals surface area (Å²) in [5.74, 6) is 1.52. The molecule has 2 aliphatic heterocycles. The van der Waals surface area contributed by atoms with Gasteiger partial charge in [0.05, 0.1) is 13.7 Å². The first-order valence-electron chi connectivity index (χ1n) is 8.30. The molecule has 0 spiro atoms. The first kappa shape index (κ1) is 16.0. The minimum absolute atomic E-state index is 0.245. The Balaban J connectivity index is 1.55. The Labute approximate surface area is 137 Å². The normalized spacial score (nSPS) is 19.2. The molecule has 0 saturated carbocycles. The zero-order chi connectivity index (χ0) is 16.2. The summed E-state index contributed by atoms with van der Waals surface area (Å²) in [7, 11) is 1.61. The van der Waals surface area contributed by atoms with Crippen molar-refractivity contribution in [2.24, 2.45) is 0 Å². The van der Waals surface area contributed by atoms with Crippen molar-refractivity contribution in [2.45, 2.75) is 19.8 Å². The fraction of sp³-hybridized carbons (Fsp3) is 0.688. The van der Waals surface area contributed by atoms with Crippen molar-refractivity contribution in [1.29, 1.82) is 0 Å². The van der Waals surface area contributed by atoms with Crippen LogP contribution in [-0.4, -0.2) is 78.6 Å². The zero-order valence-electron chi connectivity index (χ0n) is 14.0. The largest absolute Gasteiger partial charge is 0.481 e. The number of rotatable bonds is 4. The number of ether oxygens (including phenoxy) is 1. The van der Waals surface area contributed by atoms with Gasteiger partial charge in [-0.1, -0.05) is 0 Å². The van der Waals surface area contributed by atoms with Gasteiger partial charge in [0.2, 0.25) is 17.7 Å². The summed E-state index contributed by atoms with van der Waals surface area (Å²) < 4.78 is 5.21. The number of nitrogens with zero attached hydrogens (tertiary/aromatic N) is 5. The van der Waals surface area contributed by atoms with Crippen LogP contribution in [0.3, 0.4) is 0 Å². The molecule has 2 fully saturated rings. The molecule has 1 aromatic rings. The summed E-state index contributed by atoms with van der Waals surface area (Å²) >= 11 is 0. The molecule has 3 heterocycles. The van der Waals surface area contributed by atoms with E-state index in [0.29, 0.717) is 18.4 Å². The minimum Gasteiger partial charge on any atom is -0.481 e. The van der Waals surface area contributed by atoms with Crippen molar-refractivity contribution >= 4 is 11.9 Å². The number of methoxy groups -OCH3 is 1. The Bertz CT molecular complexity index is 551. The summed E-state index contributed by atoms with van der Waals surface area (Å²) in [6.07, 6.45) is 2.43. The molecule has 1 amide bonds. The van der Waals surface area contributed by atoms with E-state index in [4.69, 9.17) is 4.74 Å². The molecule has 2 saturated heterocycles. The standard InChI is InChI=1S/C16H25N5O2/c1-13-11-14(23-2)18-16(17-13)21-9-7-20(8-10-21)15(22)12-19-5-3-4-6-19/h11H,3-10,12H2,1-2H3. The molecule has 23 heavy (non-hydrogen) atoms. The average molecular weight is 319 g/mol. The number of piperazine rings is 1. The monoisotopic (exact) mass is 319 g/mol. The average Bonchev–Trinajstić information content (AvgIpc) is 3.07. The predicted octanol–water partition coefficient (Wildman–Crippen LogP) is 0.538. The lowest BCUT2D eigenvalue weighted by Gasteiger charge is -2.35. The second-order valence-electron chi connectivity index (χ2n) is 6.20. The number of hydrogen-bond acceptors (Lipinski definition) is 6. The van der Waals surface area contributed by atoms with Crippen LogP contribution in [0.1, 0.15) is 18.5 Å². The number of carbonyl (C=O) groups is 1. The molecule has 7 nitrogen and oxygen atoms in total. The van der Waals surface area contributed by atoms with Crippen molar-refractivity contribution in [2.75, 3.05) is 57.8 Å². The summed E-state index contributed by atoms with van der Waals surface area (Å²) in [5, 5.41) is 0. The van der Waals surface area contributed by atoms with Crippen molar-refractivity contribution in [3.05, 3.63) is 11.8 Å². The smallest absolute Gasteiger partial charge is 0.236 e. The Morgan fingerprint density at radius 1 is 1.13 bits per heavy atom. The molecule has 0 radical (unpaired) electrons. The number of amides is 1. The Hall–Kier alpha value is -1.89. The minimum atomic E-state index is 0.245. The third-order valence-electron chi connectivity index (χ3n) is 4.50. The summed E-state index contributed by atoms with van der Waals surface area (Å²) in [4.78, 5) is 27.6. The van der Waals surface area contributed by atoms with Crippen LogP contribution in [-0.2, 0) is 4.79 Å². The summed E-state index contributed by atoms with van der Waals surface area (Å²) in [6, 6.07) is 1.82. The van der Waals surface area contributed by atoms with Gasteiger partial charge in [-0.05, 0) is 32.9 Å². The van der Waals surface area contributed by atoms with Crippen LogP contribution in [0.2, 0.25) is 0 Å². The van der Waals surface area contributed by atoms with Crippen LogP contribution in [0.25, 0.3) is 0 Å². The lowest BCUT2D eigenvalue weighted by molar-refractivity contribution is -0.132. The van der Waals surface area contributed by atoms with E-state index in [-0.39, 0.29) is 5.91 Å². The molecule has 7 heteroatoms. The lowest BCUT2D eigenvalue weighted by Crippen LogP contribution is -2.51. The van der Waals surface area contributed by atoms with Crippen LogP contribution in [0.15, 0.2) is 6.07 Å².